The second-order valence-electron chi connectivity index (χ2n) is 7.11. The fourth-order valence-electron chi connectivity index (χ4n) is 3.97. The van der Waals surface area contributed by atoms with Crippen molar-refractivity contribution in [3.8, 4) is 5.69 Å². The van der Waals surface area contributed by atoms with Gasteiger partial charge in [0.15, 0.2) is 5.69 Å². The van der Waals surface area contributed by atoms with E-state index in [1.165, 1.54) is 11.3 Å². The van der Waals surface area contributed by atoms with Crippen LogP contribution in [0.15, 0.2) is 24.3 Å². The molecule has 2 aromatic rings. The number of aryl methyl sites for hydroxylation is 1. The minimum absolute atomic E-state index is 0.0936. The Morgan fingerprint density at radius 1 is 1.28 bits per heavy atom. The molecule has 5 nitrogen and oxygen atoms in total. The van der Waals surface area contributed by atoms with Gasteiger partial charge in [-0.15, -0.1) is 0 Å². The summed E-state index contributed by atoms with van der Waals surface area (Å²) in [5.74, 6) is 0.0936. The van der Waals surface area contributed by atoms with Crippen LogP contribution in [0.1, 0.15) is 47.6 Å². The zero-order chi connectivity index (χ0) is 17.4. The Morgan fingerprint density at radius 3 is 2.80 bits per heavy atom. The first-order chi connectivity index (χ1) is 12.2. The van der Waals surface area contributed by atoms with E-state index in [0.29, 0.717) is 5.69 Å². The van der Waals surface area contributed by atoms with Crippen molar-refractivity contribution in [1.29, 1.82) is 0 Å². The van der Waals surface area contributed by atoms with Crippen LogP contribution in [0, 0.1) is 0 Å². The monoisotopic (exact) mass is 338 g/mol. The minimum atomic E-state index is 0.0936. The lowest BCUT2D eigenvalue weighted by Crippen LogP contribution is -2.52. The summed E-state index contributed by atoms with van der Waals surface area (Å²) < 4.78 is 2.00. The van der Waals surface area contributed by atoms with Gasteiger partial charge in [0, 0.05) is 36.9 Å². The summed E-state index contributed by atoms with van der Waals surface area (Å²) in [6, 6.07) is 8.75. The number of hydrogen-bond donors (Lipinski definition) is 1. The first-order valence-electron chi connectivity index (χ1n) is 9.40. The fraction of sp³-hybridized carbons (Fsp3) is 0.500. The number of rotatable bonds is 3. The smallest absolute Gasteiger partial charge is 0.274 e. The Bertz CT molecular complexity index is 778. The van der Waals surface area contributed by atoms with Gasteiger partial charge in [-0.3, -0.25) is 4.79 Å². The second-order valence-corrected chi connectivity index (χ2v) is 7.11. The molecule has 0 spiro atoms. The van der Waals surface area contributed by atoms with Gasteiger partial charge in [-0.1, -0.05) is 19.1 Å². The van der Waals surface area contributed by atoms with Crippen molar-refractivity contribution in [1.82, 2.24) is 20.0 Å². The number of amides is 1. The van der Waals surface area contributed by atoms with Crippen molar-refractivity contribution in [3.63, 3.8) is 0 Å². The summed E-state index contributed by atoms with van der Waals surface area (Å²) in [6.45, 7) is 6.73. The molecule has 1 aliphatic heterocycles. The quantitative estimate of drug-likeness (QED) is 0.935. The molecule has 4 rings (SSSR count). The van der Waals surface area contributed by atoms with Crippen LogP contribution >= 0.6 is 0 Å². The highest BCUT2D eigenvalue weighted by atomic mass is 16.2. The molecule has 0 bridgehead atoms. The predicted octanol–water partition coefficient (Wildman–Crippen LogP) is 2.36. The second kappa shape index (κ2) is 6.64. The van der Waals surface area contributed by atoms with Crippen LogP contribution in [-0.4, -0.2) is 46.3 Å². The Balaban J connectivity index is 1.71. The Labute approximate surface area is 149 Å². The summed E-state index contributed by atoms with van der Waals surface area (Å²) in [5.41, 5.74) is 5.42. The Morgan fingerprint density at radius 2 is 2.08 bits per heavy atom. The van der Waals surface area contributed by atoms with Gasteiger partial charge in [0.1, 0.15) is 0 Å². The van der Waals surface area contributed by atoms with Gasteiger partial charge in [0.25, 0.3) is 5.91 Å². The van der Waals surface area contributed by atoms with Crippen molar-refractivity contribution in [2.24, 2.45) is 0 Å². The van der Waals surface area contributed by atoms with E-state index in [-0.39, 0.29) is 11.9 Å². The third-order valence-electron chi connectivity index (χ3n) is 5.48. The SMILES string of the molecule is CCc1ccc(-n2nc(C(=O)N3CCNC[C@@H]3C)c3c2CCC3)cc1. The van der Waals surface area contributed by atoms with Crippen LogP contribution in [0.3, 0.4) is 0 Å². The molecule has 1 atom stereocenters. The molecule has 132 valence electrons. The molecule has 1 aliphatic carbocycles. The maximum absolute atomic E-state index is 13.1. The Kier molecular flexibility index (Phi) is 4.34. The van der Waals surface area contributed by atoms with Crippen molar-refractivity contribution in [2.45, 2.75) is 45.6 Å². The third kappa shape index (κ3) is 2.86. The largest absolute Gasteiger partial charge is 0.332 e. The van der Waals surface area contributed by atoms with Gasteiger partial charge in [-0.2, -0.15) is 5.10 Å². The molecule has 2 heterocycles. The number of piperazine rings is 1. The van der Waals surface area contributed by atoms with Gasteiger partial charge in [0.2, 0.25) is 0 Å². The average Bonchev–Trinajstić information content (AvgIpc) is 3.24. The zero-order valence-electron chi connectivity index (χ0n) is 15.1. The number of carbonyl (C=O) groups excluding carboxylic acids is 1. The maximum Gasteiger partial charge on any atom is 0.274 e. The summed E-state index contributed by atoms with van der Waals surface area (Å²) >= 11 is 0. The van der Waals surface area contributed by atoms with Crippen LogP contribution < -0.4 is 5.32 Å². The summed E-state index contributed by atoms with van der Waals surface area (Å²) in [6.07, 6.45) is 4.10. The number of benzene rings is 1. The highest BCUT2D eigenvalue weighted by Gasteiger charge is 2.32. The van der Waals surface area contributed by atoms with E-state index in [1.807, 2.05) is 9.58 Å². The maximum atomic E-state index is 13.1. The Hall–Kier alpha value is -2.14. The number of carbonyl (C=O) groups is 1. The number of nitrogens with zero attached hydrogens (tertiary/aromatic N) is 3. The molecule has 1 N–H and O–H groups in total. The average molecular weight is 338 g/mol. The van der Waals surface area contributed by atoms with Crippen LogP contribution in [0.4, 0.5) is 0 Å². The van der Waals surface area contributed by atoms with E-state index in [4.69, 9.17) is 5.10 Å². The molecule has 1 saturated heterocycles. The third-order valence-corrected chi connectivity index (χ3v) is 5.48. The van der Waals surface area contributed by atoms with Crippen molar-refractivity contribution < 1.29 is 4.79 Å². The minimum Gasteiger partial charge on any atom is -0.332 e. The standard InChI is InChI=1S/C20H26N4O/c1-3-15-7-9-16(10-8-15)24-18-6-4-5-17(18)19(22-24)20(25)23-12-11-21-13-14(23)2/h7-10,14,21H,3-6,11-13H2,1-2H3/t14-/m0/s1. The highest BCUT2D eigenvalue weighted by Crippen LogP contribution is 2.29. The lowest BCUT2D eigenvalue weighted by molar-refractivity contribution is 0.0648. The normalized spacial score (nSPS) is 19.9. The molecule has 25 heavy (non-hydrogen) atoms. The van der Waals surface area contributed by atoms with E-state index >= 15 is 0 Å². The summed E-state index contributed by atoms with van der Waals surface area (Å²) in [5, 5.41) is 8.12. The van der Waals surface area contributed by atoms with Crippen LogP contribution in [0.25, 0.3) is 5.69 Å². The van der Waals surface area contributed by atoms with Gasteiger partial charge in [0.05, 0.1) is 5.69 Å². The van der Waals surface area contributed by atoms with Crippen LogP contribution in [-0.2, 0) is 19.3 Å². The summed E-state index contributed by atoms with van der Waals surface area (Å²) in [4.78, 5) is 15.1. The van der Waals surface area contributed by atoms with Crippen molar-refractivity contribution in [2.75, 3.05) is 19.6 Å². The molecule has 0 unspecified atom stereocenters. The molecular formula is C20H26N4O. The van der Waals surface area contributed by atoms with E-state index in [2.05, 4.69) is 43.4 Å². The molecule has 1 fully saturated rings. The molecule has 5 heteroatoms. The highest BCUT2D eigenvalue weighted by molar-refractivity contribution is 5.94. The van der Waals surface area contributed by atoms with E-state index in [1.54, 1.807) is 0 Å². The van der Waals surface area contributed by atoms with Crippen LogP contribution in [0.2, 0.25) is 0 Å². The lowest BCUT2D eigenvalue weighted by atomic mass is 10.1. The zero-order valence-corrected chi connectivity index (χ0v) is 15.1. The van der Waals surface area contributed by atoms with Gasteiger partial charge in [-0.05, 0) is 50.3 Å². The van der Waals surface area contributed by atoms with Gasteiger partial charge in [-0.25, -0.2) is 4.68 Å². The number of fused-ring (bicyclic) bond motifs is 1. The number of aromatic nitrogens is 2. The van der Waals surface area contributed by atoms with E-state index < -0.39 is 0 Å². The number of nitrogens with one attached hydrogen (secondary N) is 1. The van der Waals surface area contributed by atoms with Gasteiger partial charge < -0.3 is 10.2 Å². The number of hydrogen-bond acceptors (Lipinski definition) is 3. The molecule has 0 radical (unpaired) electrons. The first-order valence-corrected chi connectivity index (χ1v) is 9.40. The van der Waals surface area contributed by atoms with Crippen molar-refractivity contribution in [3.05, 3.63) is 46.8 Å². The van der Waals surface area contributed by atoms with Crippen molar-refractivity contribution >= 4 is 5.91 Å². The predicted molar refractivity (Wildman–Crippen MR) is 98.3 cm³/mol. The molecule has 2 aliphatic rings. The van der Waals surface area contributed by atoms with E-state index in [9.17, 15) is 4.79 Å². The molecule has 1 amide bonds. The van der Waals surface area contributed by atoms with E-state index in [0.717, 1.165) is 56.6 Å². The summed E-state index contributed by atoms with van der Waals surface area (Å²) in [7, 11) is 0. The van der Waals surface area contributed by atoms with Gasteiger partial charge >= 0.3 is 0 Å². The topological polar surface area (TPSA) is 50.2 Å². The molecular weight excluding hydrogens is 312 g/mol. The lowest BCUT2D eigenvalue weighted by Gasteiger charge is -2.33. The fourth-order valence-corrected chi connectivity index (χ4v) is 3.97. The first kappa shape index (κ1) is 16.3. The molecule has 1 aromatic carbocycles. The molecule has 1 aromatic heterocycles. The molecule has 0 saturated carbocycles. The van der Waals surface area contributed by atoms with Crippen LogP contribution in [0.5, 0.6) is 0 Å².